The number of aryl methyl sites for hydroxylation is 1. The maximum atomic E-state index is 12.3. The number of allylic oxidation sites excluding steroid dienone is 2. The molecular formula is C15H19NO. The van der Waals surface area contributed by atoms with E-state index in [4.69, 9.17) is 0 Å². The van der Waals surface area contributed by atoms with E-state index >= 15 is 0 Å². The molecule has 0 saturated heterocycles. The van der Waals surface area contributed by atoms with Crippen molar-refractivity contribution in [3.63, 3.8) is 0 Å². The Labute approximate surface area is 103 Å². The van der Waals surface area contributed by atoms with Gasteiger partial charge in [0.05, 0.1) is 0 Å². The van der Waals surface area contributed by atoms with E-state index in [0.29, 0.717) is 0 Å². The topological polar surface area (TPSA) is 30.0 Å². The van der Waals surface area contributed by atoms with Crippen LogP contribution in [0.15, 0.2) is 30.0 Å². The van der Waals surface area contributed by atoms with Gasteiger partial charge in [0, 0.05) is 17.5 Å². The number of aromatic nitrogens is 1. The summed E-state index contributed by atoms with van der Waals surface area (Å²) in [5.41, 5.74) is 2.66. The molecule has 0 bridgehead atoms. The molecule has 1 aromatic rings. The first-order valence-electron chi connectivity index (χ1n) is 6.44. The van der Waals surface area contributed by atoms with Crippen LogP contribution in [-0.2, 0) is 0 Å². The van der Waals surface area contributed by atoms with Gasteiger partial charge >= 0.3 is 0 Å². The predicted octanol–water partition coefficient (Wildman–Crippen LogP) is 3.85. The van der Waals surface area contributed by atoms with Crippen LogP contribution in [0.4, 0.5) is 0 Å². The second kappa shape index (κ2) is 5.76. The molecule has 0 aliphatic heterocycles. The highest BCUT2D eigenvalue weighted by molar-refractivity contribution is 6.08. The molecular weight excluding hydrogens is 210 g/mol. The fourth-order valence-corrected chi connectivity index (χ4v) is 2.19. The highest BCUT2D eigenvalue weighted by Gasteiger charge is 2.13. The molecule has 1 aliphatic rings. The summed E-state index contributed by atoms with van der Waals surface area (Å²) in [4.78, 5) is 16.5. The predicted molar refractivity (Wildman–Crippen MR) is 69.1 cm³/mol. The lowest BCUT2D eigenvalue weighted by molar-refractivity contribution is 0.102. The first kappa shape index (κ1) is 12.0. The Hall–Kier alpha value is -1.44. The van der Waals surface area contributed by atoms with Crippen molar-refractivity contribution in [1.82, 2.24) is 4.98 Å². The molecule has 0 atom stereocenters. The maximum absolute atomic E-state index is 12.3. The second-order valence-electron chi connectivity index (χ2n) is 4.70. The van der Waals surface area contributed by atoms with E-state index in [2.05, 4.69) is 11.1 Å². The summed E-state index contributed by atoms with van der Waals surface area (Å²) in [6.45, 7) is 1.93. The number of hydrogen-bond donors (Lipinski definition) is 0. The van der Waals surface area contributed by atoms with Crippen molar-refractivity contribution < 1.29 is 4.79 Å². The monoisotopic (exact) mass is 229 g/mol. The number of carbonyl (C=O) groups excluding carboxylic acids is 1. The lowest BCUT2D eigenvalue weighted by Crippen LogP contribution is -2.05. The van der Waals surface area contributed by atoms with Crippen LogP contribution in [0, 0.1) is 6.92 Å². The Kier molecular flexibility index (Phi) is 4.08. The lowest BCUT2D eigenvalue weighted by Gasteiger charge is -2.10. The minimum atomic E-state index is 0.166. The van der Waals surface area contributed by atoms with Crippen molar-refractivity contribution in [2.24, 2.45) is 0 Å². The summed E-state index contributed by atoms with van der Waals surface area (Å²) in [5.74, 6) is 0.166. The molecule has 0 fully saturated rings. The highest BCUT2D eigenvalue weighted by Crippen LogP contribution is 2.20. The van der Waals surface area contributed by atoms with Gasteiger partial charge in [-0.3, -0.25) is 9.78 Å². The molecule has 0 spiro atoms. The zero-order valence-electron chi connectivity index (χ0n) is 10.4. The van der Waals surface area contributed by atoms with Crippen molar-refractivity contribution in [2.45, 2.75) is 45.4 Å². The fraction of sp³-hybridized carbons (Fsp3) is 0.467. The van der Waals surface area contributed by atoms with Crippen molar-refractivity contribution in [3.8, 4) is 0 Å². The van der Waals surface area contributed by atoms with Gasteiger partial charge in [0.2, 0.25) is 0 Å². The molecule has 0 unspecified atom stereocenters. The lowest BCUT2D eigenvalue weighted by atomic mass is 9.94. The zero-order valence-corrected chi connectivity index (χ0v) is 10.4. The van der Waals surface area contributed by atoms with Gasteiger partial charge in [-0.05, 0) is 50.3 Å². The normalized spacial score (nSPS) is 19.9. The summed E-state index contributed by atoms with van der Waals surface area (Å²) in [5, 5.41) is 0. The van der Waals surface area contributed by atoms with Gasteiger partial charge in [0.25, 0.3) is 0 Å². The van der Waals surface area contributed by atoms with Gasteiger partial charge in [0.1, 0.15) is 0 Å². The number of hydrogen-bond acceptors (Lipinski definition) is 2. The second-order valence-corrected chi connectivity index (χ2v) is 4.70. The number of nitrogens with zero attached hydrogens (tertiary/aromatic N) is 1. The summed E-state index contributed by atoms with van der Waals surface area (Å²) in [7, 11) is 0. The first-order valence-corrected chi connectivity index (χ1v) is 6.44. The summed E-state index contributed by atoms with van der Waals surface area (Å²) in [6, 6.07) is 3.78. The molecule has 0 radical (unpaired) electrons. The third-order valence-corrected chi connectivity index (χ3v) is 3.26. The zero-order chi connectivity index (χ0) is 12.1. The minimum absolute atomic E-state index is 0.166. The number of carbonyl (C=O) groups is 1. The van der Waals surface area contributed by atoms with Crippen LogP contribution in [0.5, 0.6) is 0 Å². The van der Waals surface area contributed by atoms with Gasteiger partial charge < -0.3 is 0 Å². The van der Waals surface area contributed by atoms with Crippen LogP contribution in [0.25, 0.3) is 0 Å². The summed E-state index contributed by atoms with van der Waals surface area (Å²) in [6.07, 6.45) is 10.7. The summed E-state index contributed by atoms with van der Waals surface area (Å²) >= 11 is 0. The Morgan fingerprint density at radius 2 is 2.00 bits per heavy atom. The average Bonchev–Trinajstić information content (AvgIpc) is 2.29. The fourth-order valence-electron chi connectivity index (χ4n) is 2.19. The van der Waals surface area contributed by atoms with Crippen LogP contribution >= 0.6 is 0 Å². The van der Waals surface area contributed by atoms with E-state index in [-0.39, 0.29) is 5.78 Å². The van der Waals surface area contributed by atoms with Crippen molar-refractivity contribution >= 4 is 5.78 Å². The van der Waals surface area contributed by atoms with Gasteiger partial charge in [-0.1, -0.05) is 18.9 Å². The molecule has 1 aromatic heterocycles. The molecule has 0 amide bonds. The highest BCUT2D eigenvalue weighted by atomic mass is 16.1. The number of rotatable bonds is 2. The molecule has 90 valence electrons. The van der Waals surface area contributed by atoms with Crippen LogP contribution in [0.1, 0.15) is 54.6 Å². The van der Waals surface area contributed by atoms with Crippen LogP contribution in [-0.4, -0.2) is 10.8 Å². The van der Waals surface area contributed by atoms with E-state index < -0.39 is 0 Å². The third-order valence-electron chi connectivity index (χ3n) is 3.26. The maximum Gasteiger partial charge on any atom is 0.190 e. The Morgan fingerprint density at radius 1 is 1.18 bits per heavy atom. The van der Waals surface area contributed by atoms with Crippen LogP contribution < -0.4 is 0 Å². The number of Topliss-reactive ketones (excluding diaryl/α,β-unsaturated/α-hetero) is 1. The molecule has 0 saturated carbocycles. The molecule has 2 nitrogen and oxygen atoms in total. The van der Waals surface area contributed by atoms with E-state index in [1.54, 1.807) is 6.20 Å². The third kappa shape index (κ3) is 3.26. The Morgan fingerprint density at radius 3 is 2.76 bits per heavy atom. The largest absolute Gasteiger partial charge is 0.289 e. The van der Waals surface area contributed by atoms with Gasteiger partial charge in [0.15, 0.2) is 5.78 Å². The quantitative estimate of drug-likeness (QED) is 0.721. The molecule has 0 aromatic carbocycles. The minimum Gasteiger partial charge on any atom is -0.289 e. The molecule has 2 heteroatoms. The molecule has 17 heavy (non-hydrogen) atoms. The Bertz CT molecular complexity index is 417. The first-order chi connectivity index (χ1) is 8.27. The van der Waals surface area contributed by atoms with Crippen molar-refractivity contribution in [1.29, 1.82) is 0 Å². The van der Waals surface area contributed by atoms with E-state index in [9.17, 15) is 4.79 Å². The van der Waals surface area contributed by atoms with Crippen molar-refractivity contribution in [2.75, 3.05) is 0 Å². The Balaban J connectivity index is 2.15. The van der Waals surface area contributed by atoms with E-state index in [0.717, 1.165) is 36.1 Å². The molecule has 2 rings (SSSR count). The SMILES string of the molecule is Cc1ccc(C(=O)/C2=C/CCCCCC2)cn1. The number of pyridine rings is 1. The molecule has 0 N–H and O–H groups in total. The smallest absolute Gasteiger partial charge is 0.190 e. The summed E-state index contributed by atoms with van der Waals surface area (Å²) < 4.78 is 0. The molecule has 1 aliphatic carbocycles. The number of ketones is 1. The van der Waals surface area contributed by atoms with Gasteiger partial charge in [-0.2, -0.15) is 0 Å². The van der Waals surface area contributed by atoms with Gasteiger partial charge in [-0.15, -0.1) is 0 Å². The van der Waals surface area contributed by atoms with Crippen LogP contribution in [0.2, 0.25) is 0 Å². The van der Waals surface area contributed by atoms with E-state index in [1.807, 2.05) is 19.1 Å². The van der Waals surface area contributed by atoms with Crippen molar-refractivity contribution in [3.05, 3.63) is 41.2 Å². The standard InChI is InChI=1S/C15H19NO/c1-12-9-10-14(11-16-12)15(17)13-7-5-3-2-4-6-8-13/h7,9-11H,2-6,8H2,1H3/b13-7+. The van der Waals surface area contributed by atoms with Gasteiger partial charge in [-0.25, -0.2) is 0 Å². The molecule has 1 heterocycles. The van der Waals surface area contributed by atoms with Crippen LogP contribution in [0.3, 0.4) is 0 Å². The average molecular weight is 229 g/mol. The van der Waals surface area contributed by atoms with E-state index in [1.165, 1.54) is 19.3 Å².